The largest absolute Gasteiger partial charge is 0.465 e. The van der Waals surface area contributed by atoms with Crippen LogP contribution in [0.2, 0.25) is 0 Å². The molecule has 1 aromatic rings. The molecule has 0 aromatic heterocycles. The second-order valence-electron chi connectivity index (χ2n) is 4.71. The van der Waals surface area contributed by atoms with E-state index in [-0.39, 0.29) is 11.3 Å². The molecule has 1 saturated heterocycles. The van der Waals surface area contributed by atoms with Crippen LogP contribution >= 0.6 is 0 Å². The summed E-state index contributed by atoms with van der Waals surface area (Å²) in [4.78, 5) is 36.0. The molecule has 0 unspecified atom stereocenters. The van der Waals surface area contributed by atoms with E-state index < -0.39 is 17.0 Å². The summed E-state index contributed by atoms with van der Waals surface area (Å²) in [5.74, 6) is -0.769. The van der Waals surface area contributed by atoms with Crippen LogP contribution in [0.3, 0.4) is 0 Å². The zero-order valence-electron chi connectivity index (χ0n) is 11.9. The molecule has 0 radical (unpaired) electrons. The number of rotatable bonds is 3. The van der Waals surface area contributed by atoms with E-state index in [1.165, 1.54) is 17.0 Å². The van der Waals surface area contributed by atoms with Crippen LogP contribution in [0.5, 0.6) is 0 Å². The van der Waals surface area contributed by atoms with Crippen LogP contribution in [-0.4, -0.2) is 60.3 Å². The zero-order valence-corrected chi connectivity index (χ0v) is 11.9. The Morgan fingerprint density at radius 3 is 2.41 bits per heavy atom. The number of methoxy groups -OCH3 is 1. The number of carbonyl (C=O) groups is 2. The molecule has 118 valence electrons. The highest BCUT2D eigenvalue weighted by atomic mass is 16.6. The van der Waals surface area contributed by atoms with Crippen molar-refractivity contribution in [2.45, 2.75) is 0 Å². The molecule has 9 nitrogen and oxygen atoms in total. The minimum atomic E-state index is -0.980. The number of hydrogen-bond donors (Lipinski definition) is 1. The van der Waals surface area contributed by atoms with Gasteiger partial charge in [-0.1, -0.05) is 0 Å². The normalized spacial score (nSPS) is 14.6. The first-order valence-corrected chi connectivity index (χ1v) is 6.53. The van der Waals surface area contributed by atoms with E-state index in [9.17, 15) is 19.7 Å². The summed E-state index contributed by atoms with van der Waals surface area (Å²) in [5, 5.41) is 20.0. The number of nitrogens with zero attached hydrogens (tertiary/aromatic N) is 3. The number of piperazine rings is 1. The number of esters is 1. The third-order valence-corrected chi connectivity index (χ3v) is 3.50. The maximum Gasteiger partial charge on any atom is 0.407 e. The van der Waals surface area contributed by atoms with Crippen molar-refractivity contribution in [1.29, 1.82) is 0 Å². The Hall–Kier alpha value is -2.84. The number of carboxylic acid groups (broad SMARTS) is 1. The second-order valence-corrected chi connectivity index (χ2v) is 4.71. The van der Waals surface area contributed by atoms with Gasteiger partial charge in [0, 0.05) is 37.9 Å². The lowest BCUT2D eigenvalue weighted by atomic mass is 10.1. The minimum absolute atomic E-state index is 0.111. The third-order valence-electron chi connectivity index (χ3n) is 3.50. The van der Waals surface area contributed by atoms with Crippen molar-refractivity contribution in [2.24, 2.45) is 0 Å². The zero-order chi connectivity index (χ0) is 16.3. The number of amides is 1. The average Bonchev–Trinajstić information content (AvgIpc) is 2.53. The van der Waals surface area contributed by atoms with E-state index in [1.807, 2.05) is 4.90 Å². The molecule has 1 N–H and O–H groups in total. The van der Waals surface area contributed by atoms with Gasteiger partial charge in [0.05, 0.1) is 12.0 Å². The van der Waals surface area contributed by atoms with E-state index in [4.69, 9.17) is 5.11 Å². The first-order chi connectivity index (χ1) is 10.4. The van der Waals surface area contributed by atoms with Crippen molar-refractivity contribution in [3.8, 4) is 0 Å². The molecule has 1 aliphatic rings. The summed E-state index contributed by atoms with van der Waals surface area (Å²) >= 11 is 0. The van der Waals surface area contributed by atoms with Crippen molar-refractivity contribution in [1.82, 2.24) is 4.90 Å². The SMILES string of the molecule is COC(=O)c1ccc(N2CCN(C(=O)O)CC2)cc1[N+](=O)[O-]. The van der Waals surface area contributed by atoms with E-state index >= 15 is 0 Å². The predicted octanol–water partition coefficient (Wildman–Crippen LogP) is 1.18. The molecule has 0 saturated carbocycles. The topological polar surface area (TPSA) is 113 Å². The molecule has 0 atom stereocenters. The maximum atomic E-state index is 11.5. The van der Waals surface area contributed by atoms with Crippen LogP contribution in [0, 0.1) is 10.1 Å². The van der Waals surface area contributed by atoms with Crippen molar-refractivity contribution >= 4 is 23.4 Å². The Bertz CT molecular complexity index is 610. The summed E-state index contributed by atoms with van der Waals surface area (Å²) in [5.41, 5.74) is 0.134. The maximum absolute atomic E-state index is 11.5. The second kappa shape index (κ2) is 6.29. The van der Waals surface area contributed by atoms with Gasteiger partial charge in [-0.15, -0.1) is 0 Å². The molecule has 0 bridgehead atoms. The van der Waals surface area contributed by atoms with Crippen LogP contribution in [0.1, 0.15) is 10.4 Å². The molecule has 1 aromatic carbocycles. The molecule has 0 spiro atoms. The van der Waals surface area contributed by atoms with Crippen LogP contribution < -0.4 is 4.90 Å². The average molecular weight is 309 g/mol. The monoisotopic (exact) mass is 309 g/mol. The van der Waals surface area contributed by atoms with E-state index in [1.54, 1.807) is 6.07 Å². The van der Waals surface area contributed by atoms with Crippen LogP contribution in [-0.2, 0) is 4.74 Å². The third kappa shape index (κ3) is 3.08. The van der Waals surface area contributed by atoms with Crippen molar-refractivity contribution in [2.75, 3.05) is 38.2 Å². The fourth-order valence-corrected chi connectivity index (χ4v) is 2.31. The van der Waals surface area contributed by atoms with Crippen LogP contribution in [0.4, 0.5) is 16.2 Å². The fraction of sp³-hybridized carbons (Fsp3) is 0.385. The highest BCUT2D eigenvalue weighted by molar-refractivity contribution is 5.94. The molecule has 1 fully saturated rings. The van der Waals surface area contributed by atoms with Crippen LogP contribution in [0.25, 0.3) is 0 Å². The standard InChI is InChI=1S/C13H15N3O6/c1-22-12(17)10-3-2-9(8-11(10)16(20)21)14-4-6-15(7-5-14)13(18)19/h2-3,8H,4-7H2,1H3,(H,18,19). The van der Waals surface area contributed by atoms with Gasteiger partial charge in [0.25, 0.3) is 5.69 Å². The van der Waals surface area contributed by atoms with Crippen molar-refractivity contribution < 1.29 is 24.4 Å². The predicted molar refractivity (Wildman–Crippen MR) is 76.2 cm³/mol. The van der Waals surface area contributed by atoms with E-state index in [2.05, 4.69) is 4.74 Å². The van der Waals surface area contributed by atoms with Gasteiger partial charge in [0.2, 0.25) is 0 Å². The number of nitro groups is 1. The molecule has 22 heavy (non-hydrogen) atoms. The Balaban J connectivity index is 2.23. The minimum Gasteiger partial charge on any atom is -0.465 e. The van der Waals surface area contributed by atoms with Gasteiger partial charge in [-0.05, 0) is 12.1 Å². The Morgan fingerprint density at radius 2 is 1.91 bits per heavy atom. The number of ether oxygens (including phenoxy) is 1. The summed E-state index contributed by atoms with van der Waals surface area (Å²) in [7, 11) is 1.16. The van der Waals surface area contributed by atoms with Gasteiger partial charge < -0.3 is 19.6 Å². The number of carbonyl (C=O) groups excluding carboxylic acids is 1. The van der Waals surface area contributed by atoms with Gasteiger partial charge >= 0.3 is 12.1 Å². The van der Waals surface area contributed by atoms with Crippen molar-refractivity contribution in [3.63, 3.8) is 0 Å². The molecule has 1 heterocycles. The quantitative estimate of drug-likeness (QED) is 0.506. The number of nitro benzene ring substituents is 1. The lowest BCUT2D eigenvalue weighted by molar-refractivity contribution is -0.385. The lowest BCUT2D eigenvalue weighted by Crippen LogP contribution is -2.48. The van der Waals surface area contributed by atoms with Crippen LogP contribution in [0.15, 0.2) is 18.2 Å². The van der Waals surface area contributed by atoms with Gasteiger partial charge in [-0.2, -0.15) is 0 Å². The Morgan fingerprint density at radius 1 is 1.27 bits per heavy atom. The van der Waals surface area contributed by atoms with Gasteiger partial charge in [0.15, 0.2) is 0 Å². The summed E-state index contributed by atoms with van der Waals surface area (Å²) < 4.78 is 4.52. The highest BCUT2D eigenvalue weighted by Crippen LogP contribution is 2.27. The number of hydrogen-bond acceptors (Lipinski definition) is 6. The molecular formula is C13H15N3O6. The fourth-order valence-electron chi connectivity index (χ4n) is 2.31. The summed E-state index contributed by atoms with van der Waals surface area (Å²) in [6, 6.07) is 4.25. The van der Waals surface area contributed by atoms with Gasteiger partial charge in [-0.25, -0.2) is 9.59 Å². The smallest absolute Gasteiger partial charge is 0.407 e. The van der Waals surface area contributed by atoms with Crippen molar-refractivity contribution in [3.05, 3.63) is 33.9 Å². The first kappa shape index (κ1) is 15.5. The molecule has 0 aliphatic carbocycles. The van der Waals surface area contributed by atoms with Gasteiger partial charge in [-0.3, -0.25) is 10.1 Å². The van der Waals surface area contributed by atoms with E-state index in [0.29, 0.717) is 31.9 Å². The number of anilines is 1. The number of benzene rings is 1. The highest BCUT2D eigenvalue weighted by Gasteiger charge is 2.25. The molecule has 1 amide bonds. The Kier molecular flexibility index (Phi) is 4.44. The molecule has 2 rings (SSSR count). The first-order valence-electron chi connectivity index (χ1n) is 6.53. The van der Waals surface area contributed by atoms with Gasteiger partial charge in [0.1, 0.15) is 5.56 Å². The molecule has 1 aliphatic heterocycles. The summed E-state index contributed by atoms with van der Waals surface area (Å²) in [6.45, 7) is 1.51. The molecular weight excluding hydrogens is 294 g/mol. The lowest BCUT2D eigenvalue weighted by Gasteiger charge is -2.34. The molecule has 9 heteroatoms. The summed E-state index contributed by atoms with van der Waals surface area (Å²) in [6.07, 6.45) is -0.980. The van der Waals surface area contributed by atoms with E-state index in [0.717, 1.165) is 7.11 Å². The Labute approximate surface area is 125 Å².